The Bertz CT molecular complexity index is 401. The first-order valence-electron chi connectivity index (χ1n) is 5.79. The van der Waals surface area contributed by atoms with Gasteiger partial charge in [0.1, 0.15) is 6.61 Å². The van der Waals surface area contributed by atoms with Crippen molar-refractivity contribution in [2.45, 2.75) is 19.4 Å². The monoisotopic (exact) mass is 247 g/mol. The van der Waals surface area contributed by atoms with Gasteiger partial charge in [-0.1, -0.05) is 43.0 Å². The van der Waals surface area contributed by atoms with E-state index in [-0.39, 0.29) is 31.3 Å². The highest BCUT2D eigenvalue weighted by Gasteiger charge is 2.07. The average molecular weight is 247 g/mol. The summed E-state index contributed by atoms with van der Waals surface area (Å²) in [7, 11) is 0. The maximum Gasteiger partial charge on any atom is 0.306 e. The summed E-state index contributed by atoms with van der Waals surface area (Å²) in [5, 5.41) is 2.74. The van der Waals surface area contributed by atoms with E-state index < -0.39 is 0 Å². The third-order valence-corrected chi connectivity index (χ3v) is 2.25. The highest BCUT2D eigenvalue weighted by atomic mass is 16.5. The molecule has 4 nitrogen and oxygen atoms in total. The summed E-state index contributed by atoms with van der Waals surface area (Å²) in [5.41, 5.74) is 1.03. The molecule has 96 valence electrons. The zero-order valence-corrected chi connectivity index (χ0v) is 10.2. The number of hydrogen-bond donors (Lipinski definition) is 1. The van der Waals surface area contributed by atoms with Crippen LogP contribution in [0.5, 0.6) is 0 Å². The topological polar surface area (TPSA) is 55.4 Å². The molecule has 18 heavy (non-hydrogen) atoms. The molecule has 0 heterocycles. The average Bonchev–Trinajstić information content (AvgIpc) is 2.41. The number of carbonyl (C=O) groups excluding carboxylic acids is 2. The Kier molecular flexibility index (Phi) is 6.25. The molecular formula is C14H17NO3. The fourth-order valence-corrected chi connectivity index (χ4v) is 1.32. The number of nitrogens with one attached hydrogen (secondary N) is 1. The number of rotatable bonds is 7. The summed E-state index contributed by atoms with van der Waals surface area (Å²) in [6.07, 6.45) is 1.73. The first kappa shape index (κ1) is 14.0. The van der Waals surface area contributed by atoms with Gasteiger partial charge in [0, 0.05) is 13.0 Å². The number of amides is 1. The molecule has 1 N–H and O–H groups in total. The molecule has 0 bridgehead atoms. The Morgan fingerprint density at radius 1 is 1.22 bits per heavy atom. The SMILES string of the molecule is C=CCOC(=O)CCC(=O)NCc1ccccc1. The second-order valence-corrected chi connectivity index (χ2v) is 3.73. The predicted octanol–water partition coefficient (Wildman–Crippen LogP) is 1.81. The molecule has 0 aromatic heterocycles. The van der Waals surface area contributed by atoms with Gasteiger partial charge in [0.05, 0.1) is 6.42 Å². The second-order valence-electron chi connectivity index (χ2n) is 3.73. The van der Waals surface area contributed by atoms with E-state index in [1.54, 1.807) is 0 Å². The maximum absolute atomic E-state index is 11.5. The van der Waals surface area contributed by atoms with Crippen LogP contribution in [0.4, 0.5) is 0 Å². The van der Waals surface area contributed by atoms with Gasteiger partial charge in [0.15, 0.2) is 0 Å². The predicted molar refractivity (Wildman–Crippen MR) is 68.7 cm³/mol. The van der Waals surface area contributed by atoms with Crippen molar-refractivity contribution in [2.75, 3.05) is 6.61 Å². The van der Waals surface area contributed by atoms with Gasteiger partial charge in [-0.25, -0.2) is 0 Å². The highest BCUT2D eigenvalue weighted by molar-refractivity contribution is 5.81. The van der Waals surface area contributed by atoms with Crippen LogP contribution in [-0.2, 0) is 20.9 Å². The van der Waals surface area contributed by atoms with Crippen molar-refractivity contribution in [1.29, 1.82) is 0 Å². The normalized spacial score (nSPS) is 9.56. The summed E-state index contributed by atoms with van der Waals surface area (Å²) in [6.45, 7) is 4.09. The van der Waals surface area contributed by atoms with Gasteiger partial charge in [0.25, 0.3) is 0 Å². The molecule has 1 rings (SSSR count). The Labute approximate surface area is 107 Å². The fourth-order valence-electron chi connectivity index (χ4n) is 1.32. The first-order valence-corrected chi connectivity index (χ1v) is 5.79. The Hall–Kier alpha value is -2.10. The van der Waals surface area contributed by atoms with E-state index in [4.69, 9.17) is 4.74 Å². The molecule has 0 unspecified atom stereocenters. The molecule has 0 aliphatic rings. The van der Waals surface area contributed by atoms with Gasteiger partial charge >= 0.3 is 5.97 Å². The van der Waals surface area contributed by atoms with Gasteiger partial charge in [-0.2, -0.15) is 0 Å². The van der Waals surface area contributed by atoms with Gasteiger partial charge < -0.3 is 10.1 Å². The molecule has 4 heteroatoms. The lowest BCUT2D eigenvalue weighted by atomic mass is 10.2. The number of esters is 1. The van der Waals surface area contributed by atoms with Crippen molar-refractivity contribution in [3.05, 3.63) is 48.6 Å². The highest BCUT2D eigenvalue weighted by Crippen LogP contribution is 1.98. The lowest BCUT2D eigenvalue weighted by Crippen LogP contribution is -2.23. The van der Waals surface area contributed by atoms with E-state index in [1.165, 1.54) is 6.08 Å². The Morgan fingerprint density at radius 3 is 2.61 bits per heavy atom. The van der Waals surface area contributed by atoms with Crippen molar-refractivity contribution in [3.8, 4) is 0 Å². The largest absolute Gasteiger partial charge is 0.461 e. The van der Waals surface area contributed by atoms with E-state index >= 15 is 0 Å². The smallest absolute Gasteiger partial charge is 0.306 e. The molecule has 0 spiro atoms. The van der Waals surface area contributed by atoms with Crippen LogP contribution in [0.25, 0.3) is 0 Å². The summed E-state index contributed by atoms with van der Waals surface area (Å²) < 4.78 is 4.77. The molecular weight excluding hydrogens is 230 g/mol. The summed E-state index contributed by atoms with van der Waals surface area (Å²) >= 11 is 0. The van der Waals surface area contributed by atoms with Gasteiger partial charge in [0.2, 0.25) is 5.91 Å². The lowest BCUT2D eigenvalue weighted by Gasteiger charge is -2.05. The third-order valence-electron chi connectivity index (χ3n) is 2.25. The third kappa shape index (κ3) is 5.84. The zero-order chi connectivity index (χ0) is 13.2. The zero-order valence-electron chi connectivity index (χ0n) is 10.2. The van der Waals surface area contributed by atoms with Gasteiger partial charge in [-0.05, 0) is 5.56 Å². The van der Waals surface area contributed by atoms with Crippen LogP contribution in [0.1, 0.15) is 18.4 Å². The summed E-state index contributed by atoms with van der Waals surface area (Å²) in [5.74, 6) is -0.542. The second kappa shape index (κ2) is 8.06. The van der Waals surface area contributed by atoms with Crippen LogP contribution in [0, 0.1) is 0 Å². The number of carbonyl (C=O) groups is 2. The molecule has 1 amide bonds. The molecule has 0 aliphatic carbocycles. The van der Waals surface area contributed by atoms with E-state index in [9.17, 15) is 9.59 Å². The lowest BCUT2D eigenvalue weighted by molar-refractivity contribution is -0.143. The number of benzene rings is 1. The summed E-state index contributed by atoms with van der Waals surface area (Å²) in [4.78, 5) is 22.6. The van der Waals surface area contributed by atoms with Crippen LogP contribution in [0.2, 0.25) is 0 Å². The standard InChI is InChI=1S/C14H17NO3/c1-2-10-18-14(17)9-8-13(16)15-11-12-6-4-3-5-7-12/h2-7H,1,8-11H2,(H,15,16). The van der Waals surface area contributed by atoms with Crippen LogP contribution in [0.3, 0.4) is 0 Å². The van der Waals surface area contributed by atoms with E-state index in [0.717, 1.165) is 5.56 Å². The van der Waals surface area contributed by atoms with Crippen LogP contribution in [0.15, 0.2) is 43.0 Å². The number of ether oxygens (including phenoxy) is 1. The van der Waals surface area contributed by atoms with E-state index in [0.29, 0.717) is 6.54 Å². The molecule has 0 aliphatic heterocycles. The van der Waals surface area contributed by atoms with Crippen LogP contribution < -0.4 is 5.32 Å². The van der Waals surface area contributed by atoms with Crippen molar-refractivity contribution < 1.29 is 14.3 Å². The van der Waals surface area contributed by atoms with Gasteiger partial charge in [-0.3, -0.25) is 9.59 Å². The van der Waals surface area contributed by atoms with E-state index in [2.05, 4.69) is 11.9 Å². The minimum absolute atomic E-state index is 0.0917. The molecule has 0 saturated carbocycles. The molecule has 0 saturated heterocycles. The fraction of sp³-hybridized carbons (Fsp3) is 0.286. The van der Waals surface area contributed by atoms with Crippen molar-refractivity contribution in [2.24, 2.45) is 0 Å². The minimum Gasteiger partial charge on any atom is -0.461 e. The Balaban J connectivity index is 2.18. The van der Waals surface area contributed by atoms with Crippen LogP contribution >= 0.6 is 0 Å². The van der Waals surface area contributed by atoms with Crippen molar-refractivity contribution in [1.82, 2.24) is 5.32 Å². The maximum atomic E-state index is 11.5. The molecule has 0 atom stereocenters. The van der Waals surface area contributed by atoms with Crippen molar-refractivity contribution in [3.63, 3.8) is 0 Å². The first-order chi connectivity index (χ1) is 8.72. The Morgan fingerprint density at radius 2 is 1.94 bits per heavy atom. The van der Waals surface area contributed by atoms with Crippen LogP contribution in [-0.4, -0.2) is 18.5 Å². The number of hydrogen-bond acceptors (Lipinski definition) is 3. The molecule has 0 fully saturated rings. The van der Waals surface area contributed by atoms with Gasteiger partial charge in [-0.15, -0.1) is 0 Å². The quantitative estimate of drug-likeness (QED) is 0.590. The molecule has 0 radical (unpaired) electrons. The molecule has 1 aromatic carbocycles. The molecule has 1 aromatic rings. The van der Waals surface area contributed by atoms with Crippen molar-refractivity contribution >= 4 is 11.9 Å². The summed E-state index contributed by atoms with van der Waals surface area (Å²) in [6, 6.07) is 9.60. The van der Waals surface area contributed by atoms with E-state index in [1.807, 2.05) is 30.3 Å². The minimum atomic E-state index is -0.384.